The van der Waals surface area contributed by atoms with Crippen molar-refractivity contribution in [2.24, 2.45) is 4.99 Å². The van der Waals surface area contributed by atoms with Crippen LogP contribution < -0.4 is 10.6 Å². The topological polar surface area (TPSA) is 54.2 Å². The molecule has 0 aliphatic carbocycles. The number of hydrogen-bond donors (Lipinski definition) is 2. The quantitative estimate of drug-likeness (QED) is 0.384. The van der Waals surface area contributed by atoms with E-state index in [1.807, 2.05) is 31.2 Å². The monoisotopic (exact) mass is 407 g/mol. The fraction of sp³-hybridized carbons (Fsp3) is 0.300. The summed E-state index contributed by atoms with van der Waals surface area (Å²) in [6.07, 6.45) is -4.63. The van der Waals surface area contributed by atoms with Crippen LogP contribution in [-0.2, 0) is 19.3 Å². The highest BCUT2D eigenvalue weighted by atomic mass is 19.4. The molecular weight excluding hydrogens is 386 g/mol. The zero-order chi connectivity index (χ0) is 21.0. The number of aromatic nitrogens is 2. The highest BCUT2D eigenvalue weighted by molar-refractivity contribution is 5.79. The van der Waals surface area contributed by atoms with E-state index in [2.05, 4.69) is 25.2 Å². The van der Waals surface area contributed by atoms with Crippen LogP contribution in [-0.4, -0.2) is 29.1 Å². The van der Waals surface area contributed by atoms with Gasteiger partial charge in [0.1, 0.15) is 11.6 Å². The van der Waals surface area contributed by atoms with E-state index in [4.69, 9.17) is 0 Å². The predicted octanol–water partition coefficient (Wildman–Crippen LogP) is 3.87. The second kappa shape index (κ2) is 8.50. The van der Waals surface area contributed by atoms with Crippen molar-refractivity contribution < 1.29 is 17.6 Å². The summed E-state index contributed by atoms with van der Waals surface area (Å²) >= 11 is 0. The Labute approximate surface area is 165 Å². The molecule has 0 unspecified atom stereocenters. The van der Waals surface area contributed by atoms with Gasteiger partial charge in [0, 0.05) is 26.7 Å². The summed E-state index contributed by atoms with van der Waals surface area (Å²) in [6, 6.07) is 10.4. The normalized spacial score (nSPS) is 12.4. The molecule has 3 rings (SSSR count). The summed E-state index contributed by atoms with van der Waals surface area (Å²) in [6.45, 7) is 2.88. The van der Waals surface area contributed by atoms with Gasteiger partial charge in [-0.3, -0.25) is 4.99 Å². The van der Waals surface area contributed by atoms with Crippen LogP contribution in [0.25, 0.3) is 11.0 Å². The van der Waals surface area contributed by atoms with Crippen molar-refractivity contribution in [2.75, 3.05) is 13.6 Å². The molecule has 0 atom stereocenters. The molecule has 9 heteroatoms. The molecule has 5 nitrogen and oxygen atoms in total. The smallest absolute Gasteiger partial charge is 0.355 e. The second-order valence-electron chi connectivity index (χ2n) is 6.45. The molecule has 2 aromatic carbocycles. The van der Waals surface area contributed by atoms with Gasteiger partial charge in [-0.05, 0) is 36.8 Å². The first kappa shape index (κ1) is 20.6. The van der Waals surface area contributed by atoms with Crippen LogP contribution in [0.5, 0.6) is 0 Å². The molecule has 0 fully saturated rings. The van der Waals surface area contributed by atoms with E-state index in [0.29, 0.717) is 25.1 Å². The second-order valence-corrected chi connectivity index (χ2v) is 6.45. The highest BCUT2D eigenvalue weighted by Gasteiger charge is 2.33. The lowest BCUT2D eigenvalue weighted by Gasteiger charge is -2.16. The minimum Gasteiger partial charge on any atom is -0.355 e. The Morgan fingerprint density at radius 1 is 1.14 bits per heavy atom. The van der Waals surface area contributed by atoms with Gasteiger partial charge >= 0.3 is 6.18 Å². The standard InChI is InChI=1S/C20H21F4N5/c1-13-28-17-5-3-4-6-18(17)29(13)10-9-26-19(25-2)27-12-14-7-8-15(21)11-16(14)20(22,23)24/h3-8,11H,9-10,12H2,1-2H3,(H2,25,26,27). The van der Waals surface area contributed by atoms with Gasteiger partial charge in [0.2, 0.25) is 0 Å². The fourth-order valence-corrected chi connectivity index (χ4v) is 3.13. The first-order valence-corrected chi connectivity index (χ1v) is 9.01. The van der Waals surface area contributed by atoms with Crippen molar-refractivity contribution in [3.63, 3.8) is 0 Å². The number of aryl methyl sites for hydroxylation is 1. The van der Waals surface area contributed by atoms with E-state index < -0.39 is 17.6 Å². The predicted molar refractivity (Wildman–Crippen MR) is 104 cm³/mol. The lowest BCUT2D eigenvalue weighted by Crippen LogP contribution is -2.38. The Hall–Kier alpha value is -3.10. The lowest BCUT2D eigenvalue weighted by molar-refractivity contribution is -0.138. The van der Waals surface area contributed by atoms with Gasteiger partial charge in [-0.15, -0.1) is 0 Å². The van der Waals surface area contributed by atoms with Gasteiger partial charge in [0.05, 0.1) is 16.6 Å². The zero-order valence-electron chi connectivity index (χ0n) is 16.0. The number of fused-ring (bicyclic) bond motifs is 1. The summed E-state index contributed by atoms with van der Waals surface area (Å²) in [5.41, 5.74) is 0.860. The van der Waals surface area contributed by atoms with Gasteiger partial charge in [-0.25, -0.2) is 9.37 Å². The van der Waals surface area contributed by atoms with Crippen LogP contribution in [0, 0.1) is 12.7 Å². The average Bonchev–Trinajstić information content (AvgIpc) is 2.99. The number of aliphatic imine (C=N–C) groups is 1. The Balaban J connectivity index is 1.61. The summed E-state index contributed by atoms with van der Waals surface area (Å²) in [7, 11) is 1.53. The number of guanidine groups is 1. The third-order valence-corrected chi connectivity index (χ3v) is 4.52. The van der Waals surface area contributed by atoms with Gasteiger partial charge in [-0.2, -0.15) is 13.2 Å². The Bertz CT molecular complexity index is 1020. The Morgan fingerprint density at radius 2 is 1.90 bits per heavy atom. The molecule has 0 radical (unpaired) electrons. The Morgan fingerprint density at radius 3 is 2.62 bits per heavy atom. The molecule has 0 spiro atoms. The molecule has 0 saturated heterocycles. The number of benzene rings is 2. The zero-order valence-corrected chi connectivity index (χ0v) is 16.0. The first-order valence-electron chi connectivity index (χ1n) is 9.01. The van der Waals surface area contributed by atoms with E-state index in [-0.39, 0.29) is 12.1 Å². The van der Waals surface area contributed by atoms with Crippen molar-refractivity contribution in [3.8, 4) is 0 Å². The van der Waals surface area contributed by atoms with E-state index >= 15 is 0 Å². The van der Waals surface area contributed by atoms with Crippen LogP contribution in [0.1, 0.15) is 17.0 Å². The van der Waals surface area contributed by atoms with Crippen molar-refractivity contribution in [2.45, 2.75) is 26.2 Å². The van der Waals surface area contributed by atoms with Crippen molar-refractivity contribution in [1.29, 1.82) is 0 Å². The maximum atomic E-state index is 13.2. The molecule has 3 aromatic rings. The molecule has 0 aliphatic heterocycles. The first-order chi connectivity index (χ1) is 13.8. The minimum absolute atomic E-state index is 0.0571. The minimum atomic E-state index is -4.63. The number of hydrogen-bond acceptors (Lipinski definition) is 2. The maximum Gasteiger partial charge on any atom is 0.416 e. The molecule has 2 N–H and O–H groups in total. The molecule has 29 heavy (non-hydrogen) atoms. The van der Waals surface area contributed by atoms with Crippen LogP contribution in [0.2, 0.25) is 0 Å². The van der Waals surface area contributed by atoms with E-state index in [9.17, 15) is 17.6 Å². The van der Waals surface area contributed by atoms with Gasteiger partial charge in [-0.1, -0.05) is 18.2 Å². The number of nitrogens with zero attached hydrogens (tertiary/aromatic N) is 3. The third kappa shape index (κ3) is 4.85. The SMILES string of the molecule is CN=C(NCCn1c(C)nc2ccccc21)NCc1ccc(F)cc1C(F)(F)F. The molecule has 0 amide bonds. The molecule has 0 saturated carbocycles. The number of nitrogens with one attached hydrogen (secondary N) is 2. The van der Waals surface area contributed by atoms with E-state index in [1.165, 1.54) is 7.05 Å². The molecular formula is C20H21F4N5. The van der Waals surface area contributed by atoms with E-state index in [1.54, 1.807) is 0 Å². The number of halogens is 4. The highest BCUT2D eigenvalue weighted by Crippen LogP contribution is 2.32. The molecule has 0 bridgehead atoms. The van der Waals surface area contributed by atoms with Crippen molar-refractivity contribution >= 4 is 17.0 Å². The van der Waals surface area contributed by atoms with E-state index in [0.717, 1.165) is 29.0 Å². The summed E-state index contributed by atoms with van der Waals surface area (Å²) in [5, 5.41) is 5.92. The van der Waals surface area contributed by atoms with Crippen LogP contribution in [0.15, 0.2) is 47.5 Å². The molecule has 154 valence electrons. The van der Waals surface area contributed by atoms with Gasteiger partial charge in [0.15, 0.2) is 5.96 Å². The van der Waals surface area contributed by atoms with Gasteiger partial charge in [0.25, 0.3) is 0 Å². The fourth-order valence-electron chi connectivity index (χ4n) is 3.13. The van der Waals surface area contributed by atoms with Crippen molar-refractivity contribution in [3.05, 3.63) is 65.2 Å². The maximum absolute atomic E-state index is 13.2. The summed E-state index contributed by atoms with van der Waals surface area (Å²) < 4.78 is 54.6. The van der Waals surface area contributed by atoms with Crippen LogP contribution >= 0.6 is 0 Å². The number of alkyl halides is 3. The van der Waals surface area contributed by atoms with Crippen LogP contribution in [0.4, 0.5) is 17.6 Å². The summed E-state index contributed by atoms with van der Waals surface area (Å²) in [4.78, 5) is 8.53. The number of imidazole rings is 1. The summed E-state index contributed by atoms with van der Waals surface area (Å²) in [5.74, 6) is 0.299. The largest absolute Gasteiger partial charge is 0.416 e. The molecule has 0 aliphatic rings. The third-order valence-electron chi connectivity index (χ3n) is 4.52. The molecule has 1 aromatic heterocycles. The number of rotatable bonds is 5. The molecule has 1 heterocycles. The van der Waals surface area contributed by atoms with Crippen LogP contribution in [0.3, 0.4) is 0 Å². The van der Waals surface area contributed by atoms with Crippen molar-refractivity contribution in [1.82, 2.24) is 20.2 Å². The Kier molecular flexibility index (Phi) is 6.05. The van der Waals surface area contributed by atoms with Gasteiger partial charge < -0.3 is 15.2 Å². The number of para-hydroxylation sites is 2. The lowest BCUT2D eigenvalue weighted by atomic mass is 10.1. The average molecular weight is 407 g/mol.